The fraction of sp³-hybridized carbons (Fsp3) is 0. The van der Waals surface area contributed by atoms with Crippen molar-refractivity contribution in [2.24, 2.45) is 0 Å². The highest BCUT2D eigenvalue weighted by Gasteiger charge is 2.07. The normalized spacial score (nSPS) is 11.2. The van der Waals surface area contributed by atoms with Crippen LogP contribution >= 0.6 is 0 Å². The summed E-state index contributed by atoms with van der Waals surface area (Å²) in [5, 5.41) is 5.59. The summed E-state index contributed by atoms with van der Waals surface area (Å²) >= 11 is 0. The Morgan fingerprint density at radius 1 is 0.789 bits per heavy atom. The van der Waals surface area contributed by atoms with E-state index in [2.05, 4.69) is 23.3 Å². The van der Waals surface area contributed by atoms with Crippen molar-refractivity contribution in [1.82, 2.24) is 14.6 Å². The van der Waals surface area contributed by atoms with Crippen LogP contribution in [0.15, 0.2) is 66.9 Å². The number of rotatable bonds is 1. The van der Waals surface area contributed by atoms with Crippen molar-refractivity contribution in [1.29, 1.82) is 0 Å². The van der Waals surface area contributed by atoms with Crippen LogP contribution in [-0.4, -0.2) is 14.6 Å². The van der Waals surface area contributed by atoms with Crippen molar-refractivity contribution in [3.8, 4) is 11.3 Å². The maximum absolute atomic E-state index is 4.73. The van der Waals surface area contributed by atoms with E-state index in [1.54, 1.807) is 0 Å². The van der Waals surface area contributed by atoms with E-state index in [-0.39, 0.29) is 0 Å². The first kappa shape index (κ1) is 10.3. The zero-order valence-corrected chi connectivity index (χ0v) is 10.2. The van der Waals surface area contributed by atoms with E-state index in [0.717, 1.165) is 27.8 Å². The number of aromatic nitrogens is 3. The molecule has 2 aromatic heterocycles. The lowest BCUT2D eigenvalue weighted by molar-refractivity contribution is 0.958. The third kappa shape index (κ3) is 1.59. The summed E-state index contributed by atoms with van der Waals surface area (Å²) in [6.45, 7) is 0. The summed E-state index contributed by atoms with van der Waals surface area (Å²) in [6.07, 6.45) is 1.96. The first-order chi connectivity index (χ1) is 9.42. The van der Waals surface area contributed by atoms with Gasteiger partial charge < -0.3 is 0 Å². The van der Waals surface area contributed by atoms with Crippen LogP contribution in [0.1, 0.15) is 0 Å². The van der Waals surface area contributed by atoms with Gasteiger partial charge in [0.1, 0.15) is 0 Å². The Labute approximate surface area is 110 Å². The van der Waals surface area contributed by atoms with Crippen LogP contribution in [0.25, 0.3) is 27.8 Å². The summed E-state index contributed by atoms with van der Waals surface area (Å²) in [4.78, 5) is 4.73. The molecule has 0 aliphatic carbocycles. The minimum Gasteiger partial charge on any atom is -0.228 e. The number of hydrogen-bond acceptors (Lipinski definition) is 2. The van der Waals surface area contributed by atoms with E-state index in [1.165, 1.54) is 0 Å². The van der Waals surface area contributed by atoms with E-state index in [9.17, 15) is 0 Å². The SMILES string of the molecule is c1ccc(-c2ccn3nc4ccccc4c3n2)cc1. The van der Waals surface area contributed by atoms with Crippen LogP contribution in [0.4, 0.5) is 0 Å². The molecule has 0 saturated carbocycles. The fourth-order valence-electron chi connectivity index (χ4n) is 2.31. The highest BCUT2D eigenvalue weighted by molar-refractivity contribution is 5.92. The Bertz CT molecular complexity index is 863. The van der Waals surface area contributed by atoms with E-state index in [0.29, 0.717) is 0 Å². The molecule has 19 heavy (non-hydrogen) atoms. The monoisotopic (exact) mass is 245 g/mol. The van der Waals surface area contributed by atoms with Gasteiger partial charge in [0, 0.05) is 17.1 Å². The lowest BCUT2D eigenvalue weighted by atomic mass is 10.1. The van der Waals surface area contributed by atoms with Gasteiger partial charge in [0.05, 0.1) is 11.2 Å². The molecular weight excluding hydrogens is 234 g/mol. The minimum absolute atomic E-state index is 0.900. The highest BCUT2D eigenvalue weighted by atomic mass is 15.2. The molecule has 2 heterocycles. The average molecular weight is 245 g/mol. The minimum atomic E-state index is 0.900. The molecular formula is C16H11N3. The Morgan fingerprint density at radius 2 is 1.58 bits per heavy atom. The molecule has 0 radical (unpaired) electrons. The largest absolute Gasteiger partial charge is 0.228 e. The van der Waals surface area contributed by atoms with Gasteiger partial charge in [0.15, 0.2) is 5.65 Å². The van der Waals surface area contributed by atoms with Crippen LogP contribution < -0.4 is 0 Å². The molecule has 0 atom stereocenters. The molecule has 0 amide bonds. The molecule has 2 aromatic carbocycles. The topological polar surface area (TPSA) is 30.2 Å². The summed E-state index contributed by atoms with van der Waals surface area (Å²) in [5.74, 6) is 0. The third-order valence-corrected chi connectivity index (χ3v) is 3.25. The molecule has 3 nitrogen and oxygen atoms in total. The summed E-state index contributed by atoms with van der Waals surface area (Å²) in [5.41, 5.74) is 3.96. The van der Waals surface area contributed by atoms with Gasteiger partial charge in [0.2, 0.25) is 0 Å². The zero-order valence-electron chi connectivity index (χ0n) is 10.2. The highest BCUT2D eigenvalue weighted by Crippen LogP contribution is 2.21. The predicted octanol–water partition coefficient (Wildman–Crippen LogP) is 3.55. The molecule has 0 fully saturated rings. The van der Waals surface area contributed by atoms with Gasteiger partial charge in [-0.05, 0) is 18.2 Å². The molecule has 4 aromatic rings. The van der Waals surface area contributed by atoms with Gasteiger partial charge in [-0.1, -0.05) is 42.5 Å². The van der Waals surface area contributed by atoms with Crippen LogP contribution in [0.5, 0.6) is 0 Å². The van der Waals surface area contributed by atoms with E-state index in [4.69, 9.17) is 4.98 Å². The molecule has 0 N–H and O–H groups in total. The van der Waals surface area contributed by atoms with Gasteiger partial charge in [-0.25, -0.2) is 9.50 Å². The average Bonchev–Trinajstić information content (AvgIpc) is 2.86. The van der Waals surface area contributed by atoms with E-state index in [1.807, 2.05) is 53.2 Å². The first-order valence-corrected chi connectivity index (χ1v) is 6.21. The first-order valence-electron chi connectivity index (χ1n) is 6.21. The summed E-state index contributed by atoms with van der Waals surface area (Å²) < 4.78 is 1.83. The molecule has 0 bridgehead atoms. The van der Waals surface area contributed by atoms with Crippen molar-refractivity contribution in [3.63, 3.8) is 0 Å². The van der Waals surface area contributed by atoms with Crippen molar-refractivity contribution < 1.29 is 0 Å². The van der Waals surface area contributed by atoms with Crippen LogP contribution in [0.2, 0.25) is 0 Å². The second-order valence-electron chi connectivity index (χ2n) is 4.46. The predicted molar refractivity (Wildman–Crippen MR) is 75.9 cm³/mol. The van der Waals surface area contributed by atoms with E-state index < -0.39 is 0 Å². The number of benzene rings is 2. The van der Waals surface area contributed by atoms with Crippen molar-refractivity contribution >= 4 is 16.6 Å². The molecule has 0 spiro atoms. The quantitative estimate of drug-likeness (QED) is 0.513. The second kappa shape index (κ2) is 3.92. The smallest absolute Gasteiger partial charge is 0.163 e. The lowest BCUT2D eigenvalue weighted by Gasteiger charge is -2.01. The molecule has 90 valence electrons. The Morgan fingerprint density at radius 3 is 2.47 bits per heavy atom. The van der Waals surface area contributed by atoms with Crippen molar-refractivity contribution in [2.45, 2.75) is 0 Å². The fourth-order valence-corrected chi connectivity index (χ4v) is 2.31. The molecule has 0 unspecified atom stereocenters. The number of fused-ring (bicyclic) bond motifs is 3. The Balaban J connectivity index is 2.03. The maximum atomic E-state index is 4.73. The molecule has 4 rings (SSSR count). The second-order valence-corrected chi connectivity index (χ2v) is 4.46. The molecule has 0 aliphatic heterocycles. The summed E-state index contributed by atoms with van der Waals surface area (Å²) in [7, 11) is 0. The van der Waals surface area contributed by atoms with Gasteiger partial charge in [-0.15, -0.1) is 0 Å². The van der Waals surface area contributed by atoms with Crippen molar-refractivity contribution in [3.05, 3.63) is 66.9 Å². The zero-order chi connectivity index (χ0) is 12.7. The third-order valence-electron chi connectivity index (χ3n) is 3.25. The summed E-state index contributed by atoms with van der Waals surface area (Å²) in [6, 6.07) is 20.3. The molecule has 0 saturated heterocycles. The number of hydrogen-bond donors (Lipinski definition) is 0. The van der Waals surface area contributed by atoms with Gasteiger partial charge in [-0.3, -0.25) is 0 Å². The van der Waals surface area contributed by atoms with Crippen LogP contribution in [-0.2, 0) is 0 Å². The van der Waals surface area contributed by atoms with E-state index >= 15 is 0 Å². The van der Waals surface area contributed by atoms with Gasteiger partial charge >= 0.3 is 0 Å². The maximum Gasteiger partial charge on any atom is 0.163 e. The lowest BCUT2D eigenvalue weighted by Crippen LogP contribution is -1.91. The van der Waals surface area contributed by atoms with Crippen LogP contribution in [0.3, 0.4) is 0 Å². The van der Waals surface area contributed by atoms with Gasteiger partial charge in [-0.2, -0.15) is 5.10 Å². The van der Waals surface area contributed by atoms with Gasteiger partial charge in [0.25, 0.3) is 0 Å². The molecule has 3 heteroatoms. The van der Waals surface area contributed by atoms with Crippen molar-refractivity contribution in [2.75, 3.05) is 0 Å². The standard InChI is InChI=1S/C16H11N3/c1-2-6-12(7-3-1)14-10-11-19-16(17-14)13-8-4-5-9-15(13)18-19/h1-11H. The molecule has 0 aliphatic rings. The Hall–Kier alpha value is -2.68. The van der Waals surface area contributed by atoms with Crippen LogP contribution in [0, 0.1) is 0 Å². The number of nitrogens with zero attached hydrogens (tertiary/aromatic N) is 3. The Kier molecular flexibility index (Phi) is 2.12.